The molecule has 1 amide bonds. The number of aromatic nitrogens is 2. The number of nitrogens with zero attached hydrogens (tertiary/aromatic N) is 3. The molecular weight excluding hydrogens is 424 g/mol. The van der Waals surface area contributed by atoms with E-state index >= 15 is 0 Å². The van der Waals surface area contributed by atoms with Gasteiger partial charge in [-0.05, 0) is 42.5 Å². The molecule has 0 saturated heterocycles. The van der Waals surface area contributed by atoms with Crippen LogP contribution in [-0.2, 0) is 10.0 Å². The third-order valence-electron chi connectivity index (χ3n) is 3.99. The second-order valence-corrected chi connectivity index (χ2v) is 10.7. The van der Waals surface area contributed by atoms with Crippen molar-refractivity contribution in [2.75, 3.05) is 19.4 Å². The van der Waals surface area contributed by atoms with E-state index in [1.54, 1.807) is 11.8 Å². The van der Waals surface area contributed by atoms with Gasteiger partial charge in [0, 0.05) is 35.4 Å². The molecule has 2 aromatic carbocycles. The molecule has 0 unspecified atom stereocenters. The molecular formula is C20H22N4O4S2. The van der Waals surface area contributed by atoms with Crippen LogP contribution in [0.4, 0.5) is 6.01 Å². The highest BCUT2D eigenvalue weighted by molar-refractivity contribution is 7.99. The lowest BCUT2D eigenvalue weighted by molar-refractivity contribution is 0.102. The highest BCUT2D eigenvalue weighted by Gasteiger charge is 2.18. The average molecular weight is 447 g/mol. The summed E-state index contributed by atoms with van der Waals surface area (Å²) in [6.07, 6.45) is 0. The second kappa shape index (κ2) is 8.99. The Hall–Kier alpha value is -2.69. The number of sulfonamides is 1. The van der Waals surface area contributed by atoms with Gasteiger partial charge in [0.2, 0.25) is 15.9 Å². The maximum absolute atomic E-state index is 12.4. The third kappa shape index (κ3) is 5.07. The van der Waals surface area contributed by atoms with Crippen LogP contribution in [0.5, 0.6) is 0 Å². The van der Waals surface area contributed by atoms with Crippen LogP contribution in [-0.4, -0.2) is 48.2 Å². The first-order chi connectivity index (χ1) is 14.2. The number of anilines is 1. The zero-order valence-corrected chi connectivity index (χ0v) is 18.6. The zero-order chi connectivity index (χ0) is 21.9. The fraction of sp³-hybridized carbons (Fsp3) is 0.250. The molecule has 10 heteroatoms. The quantitative estimate of drug-likeness (QED) is 0.551. The smallest absolute Gasteiger partial charge is 0.322 e. The molecule has 0 saturated carbocycles. The summed E-state index contributed by atoms with van der Waals surface area (Å²) in [6.45, 7) is 4.22. The lowest BCUT2D eigenvalue weighted by Gasteiger charge is -2.11. The molecule has 3 aromatic rings. The molecule has 0 aliphatic rings. The van der Waals surface area contributed by atoms with Crippen molar-refractivity contribution in [1.29, 1.82) is 0 Å². The molecule has 158 valence electrons. The van der Waals surface area contributed by atoms with Crippen LogP contribution in [0, 0.1) is 0 Å². The van der Waals surface area contributed by atoms with Crippen molar-refractivity contribution in [3.63, 3.8) is 0 Å². The van der Waals surface area contributed by atoms with E-state index in [4.69, 9.17) is 4.42 Å². The summed E-state index contributed by atoms with van der Waals surface area (Å²) < 4.78 is 30.9. The van der Waals surface area contributed by atoms with E-state index in [1.165, 1.54) is 38.4 Å². The summed E-state index contributed by atoms with van der Waals surface area (Å²) in [6, 6.07) is 13.3. The number of rotatable bonds is 7. The van der Waals surface area contributed by atoms with Crippen molar-refractivity contribution in [3.05, 3.63) is 54.1 Å². The van der Waals surface area contributed by atoms with Gasteiger partial charge in [-0.25, -0.2) is 12.7 Å². The standard InChI is InChI=1S/C20H22N4O4S2/c1-13(2)29-16-7-5-6-15(12-16)19-22-23-20(28-19)21-18(25)14-8-10-17(11-9-14)30(26,27)24(3)4/h5-13H,1-4H3,(H,21,23,25). The molecule has 0 spiro atoms. The van der Waals surface area contributed by atoms with Crippen LogP contribution in [0.3, 0.4) is 0 Å². The van der Waals surface area contributed by atoms with Gasteiger partial charge in [0.15, 0.2) is 0 Å². The average Bonchev–Trinajstić information content (AvgIpc) is 3.16. The molecule has 0 fully saturated rings. The first-order valence-corrected chi connectivity index (χ1v) is 11.4. The van der Waals surface area contributed by atoms with Crippen molar-refractivity contribution in [1.82, 2.24) is 14.5 Å². The lowest BCUT2D eigenvalue weighted by Crippen LogP contribution is -2.22. The van der Waals surface area contributed by atoms with Gasteiger partial charge in [0.25, 0.3) is 5.91 Å². The Kier molecular flexibility index (Phi) is 6.59. The Morgan fingerprint density at radius 2 is 1.80 bits per heavy atom. The van der Waals surface area contributed by atoms with Crippen LogP contribution >= 0.6 is 11.8 Å². The summed E-state index contributed by atoms with van der Waals surface area (Å²) in [5.41, 5.74) is 1.02. The van der Waals surface area contributed by atoms with E-state index in [0.717, 1.165) is 14.8 Å². The third-order valence-corrected chi connectivity index (χ3v) is 6.82. The summed E-state index contributed by atoms with van der Waals surface area (Å²) in [4.78, 5) is 13.6. The van der Waals surface area contributed by atoms with Crippen LogP contribution in [0.25, 0.3) is 11.5 Å². The molecule has 0 aliphatic heterocycles. The van der Waals surface area contributed by atoms with Gasteiger partial charge in [-0.15, -0.1) is 16.9 Å². The van der Waals surface area contributed by atoms with Gasteiger partial charge >= 0.3 is 6.01 Å². The number of carbonyl (C=O) groups is 1. The van der Waals surface area contributed by atoms with E-state index < -0.39 is 15.9 Å². The molecule has 1 heterocycles. The van der Waals surface area contributed by atoms with Crippen LogP contribution < -0.4 is 5.32 Å². The van der Waals surface area contributed by atoms with E-state index in [0.29, 0.717) is 11.1 Å². The minimum absolute atomic E-state index is 0.0399. The molecule has 30 heavy (non-hydrogen) atoms. The summed E-state index contributed by atoms with van der Waals surface area (Å²) in [5, 5.41) is 10.8. The lowest BCUT2D eigenvalue weighted by atomic mass is 10.2. The Balaban J connectivity index is 1.72. The number of thioether (sulfide) groups is 1. The van der Waals surface area contributed by atoms with E-state index in [-0.39, 0.29) is 16.5 Å². The van der Waals surface area contributed by atoms with Gasteiger partial charge in [-0.1, -0.05) is 25.0 Å². The second-order valence-electron chi connectivity index (χ2n) is 6.87. The van der Waals surface area contributed by atoms with Gasteiger partial charge < -0.3 is 4.42 Å². The van der Waals surface area contributed by atoms with Crippen molar-refractivity contribution >= 4 is 33.7 Å². The van der Waals surface area contributed by atoms with E-state index in [2.05, 4.69) is 29.4 Å². The van der Waals surface area contributed by atoms with Crippen molar-refractivity contribution in [3.8, 4) is 11.5 Å². The highest BCUT2D eigenvalue weighted by Crippen LogP contribution is 2.28. The fourth-order valence-corrected chi connectivity index (χ4v) is 4.32. The minimum atomic E-state index is -3.56. The van der Waals surface area contributed by atoms with Crippen LogP contribution in [0.15, 0.2) is 62.7 Å². The summed E-state index contributed by atoms with van der Waals surface area (Å²) in [5.74, 6) is -0.188. The first-order valence-electron chi connectivity index (χ1n) is 9.11. The Labute approximate surface area is 179 Å². The molecule has 0 radical (unpaired) electrons. The number of nitrogens with one attached hydrogen (secondary N) is 1. The van der Waals surface area contributed by atoms with Gasteiger partial charge in [0.1, 0.15) is 0 Å². The predicted octanol–water partition coefficient (Wildman–Crippen LogP) is 3.74. The fourth-order valence-electron chi connectivity index (χ4n) is 2.52. The predicted molar refractivity (Wildman–Crippen MR) is 116 cm³/mol. The molecule has 8 nitrogen and oxygen atoms in total. The topological polar surface area (TPSA) is 105 Å². The molecule has 0 atom stereocenters. The number of amides is 1. The van der Waals surface area contributed by atoms with Crippen LogP contribution in [0.2, 0.25) is 0 Å². The molecule has 1 N–H and O–H groups in total. The minimum Gasteiger partial charge on any atom is -0.403 e. The van der Waals surface area contributed by atoms with E-state index in [1.807, 2.05) is 24.3 Å². The number of hydrogen-bond acceptors (Lipinski definition) is 7. The first kappa shape index (κ1) is 22.0. The Morgan fingerprint density at radius 1 is 1.10 bits per heavy atom. The SMILES string of the molecule is CC(C)Sc1cccc(-c2nnc(NC(=O)c3ccc(S(=O)(=O)N(C)C)cc3)o2)c1. The molecule has 0 aliphatic carbocycles. The molecule has 1 aromatic heterocycles. The van der Waals surface area contributed by atoms with Gasteiger partial charge in [-0.3, -0.25) is 10.1 Å². The van der Waals surface area contributed by atoms with Gasteiger partial charge in [0.05, 0.1) is 4.90 Å². The maximum Gasteiger partial charge on any atom is 0.322 e. The van der Waals surface area contributed by atoms with Crippen molar-refractivity contribution in [2.24, 2.45) is 0 Å². The van der Waals surface area contributed by atoms with Crippen LogP contribution in [0.1, 0.15) is 24.2 Å². The number of benzene rings is 2. The Bertz CT molecular complexity index is 1140. The maximum atomic E-state index is 12.4. The van der Waals surface area contributed by atoms with E-state index in [9.17, 15) is 13.2 Å². The van der Waals surface area contributed by atoms with Crippen molar-refractivity contribution in [2.45, 2.75) is 28.9 Å². The molecule has 0 bridgehead atoms. The molecule has 3 rings (SSSR count). The Morgan fingerprint density at radius 3 is 2.43 bits per heavy atom. The van der Waals surface area contributed by atoms with Crippen molar-refractivity contribution < 1.29 is 17.6 Å². The summed E-state index contributed by atoms with van der Waals surface area (Å²) in [7, 11) is -0.668. The highest BCUT2D eigenvalue weighted by atomic mass is 32.2. The largest absolute Gasteiger partial charge is 0.403 e. The number of hydrogen-bond donors (Lipinski definition) is 1. The summed E-state index contributed by atoms with van der Waals surface area (Å²) >= 11 is 1.72. The zero-order valence-electron chi connectivity index (χ0n) is 17.0. The van der Waals surface area contributed by atoms with Gasteiger partial charge in [-0.2, -0.15) is 0 Å². The normalized spacial score (nSPS) is 11.8. The number of carbonyl (C=O) groups excluding carboxylic acids is 1. The monoisotopic (exact) mass is 446 g/mol.